The zero-order valence-electron chi connectivity index (χ0n) is 37.7. The van der Waals surface area contributed by atoms with Crippen molar-refractivity contribution < 1.29 is 46.5 Å². The lowest BCUT2D eigenvalue weighted by Crippen LogP contribution is -2.58. The highest BCUT2D eigenvalue weighted by molar-refractivity contribution is 7.91. The Hall–Kier alpha value is -4.48. The number of nitrogens with one attached hydrogen (secondary N) is 3. The van der Waals surface area contributed by atoms with E-state index < -0.39 is 67.7 Å². The lowest BCUT2D eigenvalue weighted by Gasteiger charge is -2.37. The van der Waals surface area contributed by atoms with Gasteiger partial charge in [-0.3, -0.25) is 24.0 Å². The normalized spacial score (nSPS) is 33.5. The molecule has 8 atom stereocenters. The number of nitrogens with zero attached hydrogens (tertiary/aromatic N) is 3. The van der Waals surface area contributed by atoms with Crippen molar-refractivity contribution in [1.82, 2.24) is 30.1 Å². The van der Waals surface area contributed by atoms with E-state index in [1.54, 1.807) is 6.92 Å². The van der Waals surface area contributed by atoms with E-state index in [0.717, 1.165) is 86.4 Å². The van der Waals surface area contributed by atoms with Crippen LogP contribution in [0.1, 0.15) is 109 Å². The molecule has 2 aromatic rings. The highest BCUT2D eigenvalue weighted by Gasteiger charge is 2.64. The van der Waals surface area contributed by atoms with Gasteiger partial charge in [-0.05, 0) is 114 Å². The van der Waals surface area contributed by atoms with Gasteiger partial charge < -0.3 is 34.5 Å². The van der Waals surface area contributed by atoms with Crippen molar-refractivity contribution in [2.24, 2.45) is 17.8 Å². The van der Waals surface area contributed by atoms with E-state index in [1.165, 1.54) is 11.3 Å². The molecular formula is C48H64N6O10S. The highest BCUT2D eigenvalue weighted by Crippen LogP contribution is 2.53. The van der Waals surface area contributed by atoms with Crippen molar-refractivity contribution in [2.45, 2.75) is 144 Å². The minimum absolute atomic E-state index is 0.0592. The third-order valence-corrected chi connectivity index (χ3v) is 17.9. The Morgan fingerprint density at radius 2 is 1.83 bits per heavy atom. The monoisotopic (exact) mass is 916 g/mol. The molecule has 2 saturated heterocycles. The molecule has 4 aliphatic carbocycles. The van der Waals surface area contributed by atoms with Crippen LogP contribution in [0.5, 0.6) is 11.5 Å². The predicted molar refractivity (Wildman–Crippen MR) is 240 cm³/mol. The Balaban J connectivity index is 0.941. The van der Waals surface area contributed by atoms with Gasteiger partial charge in [0.15, 0.2) is 0 Å². The lowest BCUT2D eigenvalue weighted by molar-refractivity contribution is -0.141. The second kappa shape index (κ2) is 17.3. The highest BCUT2D eigenvalue weighted by atomic mass is 32.2. The van der Waals surface area contributed by atoms with Crippen LogP contribution < -0.4 is 24.8 Å². The maximum Gasteiger partial charge on any atom is 0.408 e. The molecule has 0 bridgehead atoms. The van der Waals surface area contributed by atoms with Crippen LogP contribution in [0, 0.1) is 17.8 Å². The molecule has 0 unspecified atom stereocenters. The molecule has 6 fully saturated rings. The van der Waals surface area contributed by atoms with Crippen LogP contribution in [0.2, 0.25) is 0 Å². The van der Waals surface area contributed by atoms with Crippen molar-refractivity contribution in [1.29, 1.82) is 0 Å². The maximum atomic E-state index is 15.1. The first-order chi connectivity index (χ1) is 31.3. The first-order valence-corrected chi connectivity index (χ1v) is 25.7. The molecule has 4 aliphatic heterocycles. The van der Waals surface area contributed by atoms with Gasteiger partial charge in [0.25, 0.3) is 5.91 Å². The largest absolute Gasteiger partial charge is 0.492 e. The second-order valence-corrected chi connectivity index (χ2v) is 22.5. The third kappa shape index (κ3) is 8.93. The number of allylic oxidation sites excluding steroid dienone is 1. The standard InChI is InChI=1S/C48H64N6O10S/c1-3-37-41-35(36-26-33(11-12-38(36)49-37)62-22-19-53-17-20-61-21-18-53)13-14-47(64-41)28-40-42(55)51-48(44(57)52-65(59,60)46(2)15-16-46)27-32(48)9-7-5-4-6-8-10-39(43(56)54(40)29-47)50-45(58)63-34-24-30-23-31(30)25-34/h7,9,11-12,26,30-32,34,39-40H,3-6,8,10,13-25,27-29H2,1-2H3,(H,50,58)(H,51,55)(H,52,57)/b9-7-/t30-,31+,32-,34+,39+,40+,47-,48-/m1/s1. The first kappa shape index (κ1) is 44.4. The minimum atomic E-state index is -4.00. The number of aryl methyl sites for hydroxylation is 2. The zero-order chi connectivity index (χ0) is 45.1. The molecule has 4 amide bonds. The van der Waals surface area contributed by atoms with Gasteiger partial charge in [-0.15, -0.1) is 0 Å². The quantitative estimate of drug-likeness (QED) is 0.284. The van der Waals surface area contributed by atoms with Gasteiger partial charge in [0, 0.05) is 42.9 Å². The summed E-state index contributed by atoms with van der Waals surface area (Å²) < 4.78 is 52.7. The fourth-order valence-electron chi connectivity index (χ4n) is 11.1. The molecule has 5 heterocycles. The summed E-state index contributed by atoms with van der Waals surface area (Å²) in [4.78, 5) is 66.5. The molecule has 10 rings (SSSR count). The Bertz CT molecular complexity index is 2360. The summed E-state index contributed by atoms with van der Waals surface area (Å²) >= 11 is 0. The molecule has 17 heteroatoms. The number of hydrogen-bond donors (Lipinski definition) is 3. The number of morpholine rings is 1. The summed E-state index contributed by atoms with van der Waals surface area (Å²) in [7, 11) is -4.00. The lowest BCUT2D eigenvalue weighted by atomic mass is 9.87. The van der Waals surface area contributed by atoms with Gasteiger partial charge in [-0.2, -0.15) is 0 Å². The maximum absolute atomic E-state index is 15.1. The summed E-state index contributed by atoms with van der Waals surface area (Å²) in [5.41, 5.74) is 0.0874. The van der Waals surface area contributed by atoms with Crippen molar-refractivity contribution in [3.8, 4) is 11.5 Å². The van der Waals surface area contributed by atoms with Crippen molar-refractivity contribution in [2.75, 3.05) is 46.0 Å². The molecule has 8 aliphatic rings. The Kier molecular flexibility index (Phi) is 11.8. The fraction of sp³-hybridized carbons (Fsp3) is 0.688. The molecule has 16 nitrogen and oxygen atoms in total. The predicted octanol–water partition coefficient (Wildman–Crippen LogP) is 4.46. The number of benzene rings is 1. The molecule has 3 N–H and O–H groups in total. The van der Waals surface area contributed by atoms with E-state index in [0.29, 0.717) is 75.6 Å². The number of carbonyl (C=O) groups is 4. The van der Waals surface area contributed by atoms with Gasteiger partial charge in [-0.1, -0.05) is 31.9 Å². The second-order valence-electron chi connectivity index (χ2n) is 20.3. The zero-order valence-corrected chi connectivity index (χ0v) is 38.6. The average molecular weight is 917 g/mol. The van der Waals surface area contributed by atoms with E-state index in [4.69, 9.17) is 23.9 Å². The first-order valence-electron chi connectivity index (χ1n) is 24.2. The number of rotatable bonds is 10. The van der Waals surface area contributed by atoms with E-state index >= 15 is 4.79 Å². The fourth-order valence-corrected chi connectivity index (χ4v) is 12.4. The molecule has 0 radical (unpaired) electrons. The summed E-state index contributed by atoms with van der Waals surface area (Å²) in [5.74, 6) is 0.407. The molecule has 1 aromatic heterocycles. The number of hydrogen-bond acceptors (Lipinski definition) is 12. The van der Waals surface area contributed by atoms with Crippen molar-refractivity contribution >= 4 is 44.7 Å². The van der Waals surface area contributed by atoms with Crippen LogP contribution in [0.3, 0.4) is 0 Å². The van der Waals surface area contributed by atoms with E-state index in [9.17, 15) is 22.8 Å². The van der Waals surface area contributed by atoms with E-state index in [-0.39, 0.29) is 25.5 Å². The number of sulfonamides is 1. The Morgan fingerprint density at radius 3 is 2.60 bits per heavy atom. The summed E-state index contributed by atoms with van der Waals surface area (Å²) in [5, 5.41) is 6.85. The van der Waals surface area contributed by atoms with Crippen LogP contribution in [0.25, 0.3) is 10.9 Å². The molecule has 352 valence electrons. The number of amides is 4. The van der Waals surface area contributed by atoms with Crippen LogP contribution in [0.15, 0.2) is 30.4 Å². The summed E-state index contributed by atoms with van der Waals surface area (Å²) in [6.45, 7) is 8.23. The van der Waals surface area contributed by atoms with Gasteiger partial charge >= 0.3 is 6.09 Å². The average Bonchev–Trinajstić information content (AvgIpc) is 4.25. The van der Waals surface area contributed by atoms with Gasteiger partial charge in [-0.25, -0.2) is 18.2 Å². The van der Waals surface area contributed by atoms with Crippen LogP contribution in [-0.4, -0.2) is 127 Å². The SMILES string of the molecule is CCc1nc2ccc(OCCN3CCOCC3)cc2c2c1O[C@]1(CC2)C[C@H]2C(=O)N[C@]3(C(=O)NS(=O)(=O)C4(C)CC4)C[C@H]3/C=C\CCCCC[C@H](NC(=O)O[C@@H]3C[C@@H]4C[C@@H]4C3)C(=O)N2C1. The van der Waals surface area contributed by atoms with Gasteiger partial charge in [0.05, 0.1) is 35.7 Å². The number of alkyl carbamates (subject to hydrolysis) is 1. The van der Waals surface area contributed by atoms with Crippen LogP contribution in [-0.2, 0) is 46.7 Å². The third-order valence-electron chi connectivity index (χ3n) is 15.7. The molecular weight excluding hydrogens is 853 g/mol. The summed E-state index contributed by atoms with van der Waals surface area (Å²) in [6.07, 6.45) is 12.1. The van der Waals surface area contributed by atoms with E-state index in [2.05, 4.69) is 20.3 Å². The molecule has 65 heavy (non-hydrogen) atoms. The number of aromatic nitrogens is 1. The van der Waals surface area contributed by atoms with Gasteiger partial charge in [0.1, 0.15) is 47.4 Å². The van der Waals surface area contributed by atoms with Crippen LogP contribution >= 0.6 is 0 Å². The smallest absolute Gasteiger partial charge is 0.408 e. The van der Waals surface area contributed by atoms with E-state index in [1.807, 2.05) is 37.3 Å². The van der Waals surface area contributed by atoms with Gasteiger partial charge in [0.2, 0.25) is 21.8 Å². The molecule has 4 saturated carbocycles. The number of ether oxygens (including phenoxy) is 4. The van der Waals surface area contributed by atoms with Crippen molar-refractivity contribution in [3.05, 3.63) is 41.6 Å². The Morgan fingerprint density at radius 1 is 1.03 bits per heavy atom. The summed E-state index contributed by atoms with van der Waals surface area (Å²) in [6, 6.07) is 3.90. The van der Waals surface area contributed by atoms with Crippen molar-refractivity contribution in [3.63, 3.8) is 0 Å². The molecule has 1 aromatic carbocycles. The van der Waals surface area contributed by atoms with Crippen LogP contribution in [0.4, 0.5) is 4.79 Å². The Labute approximate surface area is 381 Å². The number of pyridine rings is 1. The molecule has 1 spiro atoms. The minimum Gasteiger partial charge on any atom is -0.492 e. The number of fused-ring (bicyclic) bond motifs is 6. The topological polar surface area (TPSA) is 195 Å². The number of carbonyl (C=O) groups excluding carboxylic acids is 4.